The normalized spacial score (nSPS) is 13.8. The second-order valence-electron chi connectivity index (χ2n) is 6.94. The standard InChI is InChI=1S/C23H22N2O3S/c1-28-18-10-8-16(9-11-18)21(13-22(26)24-14-19-6-4-12-29-19)25-15-17-5-2-3-7-20(17)23(25)27/h2-12,21H,13-15H2,1H3,(H,24,26)/t21-/m1/s1. The molecule has 148 valence electrons. The number of hydrogen-bond acceptors (Lipinski definition) is 4. The van der Waals surface area contributed by atoms with Crippen molar-refractivity contribution in [1.29, 1.82) is 0 Å². The lowest BCUT2D eigenvalue weighted by atomic mass is 10.0. The van der Waals surface area contributed by atoms with Crippen LogP contribution in [0.4, 0.5) is 0 Å². The summed E-state index contributed by atoms with van der Waals surface area (Å²) in [5.41, 5.74) is 2.62. The summed E-state index contributed by atoms with van der Waals surface area (Å²) in [7, 11) is 1.62. The summed E-state index contributed by atoms with van der Waals surface area (Å²) in [4.78, 5) is 28.6. The monoisotopic (exact) mass is 406 g/mol. The van der Waals surface area contributed by atoms with Gasteiger partial charge in [0.15, 0.2) is 0 Å². The van der Waals surface area contributed by atoms with Crippen LogP contribution in [0.1, 0.15) is 38.8 Å². The van der Waals surface area contributed by atoms with Crippen molar-refractivity contribution < 1.29 is 14.3 Å². The Bertz CT molecular complexity index is 999. The van der Waals surface area contributed by atoms with Gasteiger partial charge in [-0.3, -0.25) is 9.59 Å². The Morgan fingerprint density at radius 3 is 2.62 bits per heavy atom. The van der Waals surface area contributed by atoms with Crippen molar-refractivity contribution in [2.45, 2.75) is 25.6 Å². The molecule has 1 aliphatic heterocycles. The molecule has 1 atom stereocenters. The molecule has 1 aliphatic rings. The minimum atomic E-state index is -0.343. The molecule has 1 aromatic heterocycles. The molecule has 2 amide bonds. The Labute approximate surface area is 173 Å². The first-order valence-corrected chi connectivity index (χ1v) is 10.4. The zero-order valence-electron chi connectivity index (χ0n) is 16.1. The van der Waals surface area contributed by atoms with E-state index in [0.717, 1.165) is 21.8 Å². The van der Waals surface area contributed by atoms with Crippen molar-refractivity contribution in [3.8, 4) is 5.75 Å². The van der Waals surface area contributed by atoms with E-state index in [-0.39, 0.29) is 24.3 Å². The van der Waals surface area contributed by atoms with Crippen LogP contribution in [0, 0.1) is 0 Å². The number of amides is 2. The van der Waals surface area contributed by atoms with E-state index in [2.05, 4.69) is 5.32 Å². The quantitative estimate of drug-likeness (QED) is 0.641. The largest absolute Gasteiger partial charge is 0.497 e. The van der Waals surface area contributed by atoms with Crippen molar-refractivity contribution in [2.24, 2.45) is 0 Å². The fourth-order valence-corrected chi connectivity index (χ4v) is 4.25. The second-order valence-corrected chi connectivity index (χ2v) is 7.97. The van der Waals surface area contributed by atoms with E-state index in [0.29, 0.717) is 18.7 Å². The zero-order chi connectivity index (χ0) is 20.2. The van der Waals surface area contributed by atoms with E-state index in [4.69, 9.17) is 4.74 Å². The summed E-state index contributed by atoms with van der Waals surface area (Å²) in [5.74, 6) is 0.626. The molecule has 4 rings (SSSR count). The SMILES string of the molecule is COc1ccc([C@@H](CC(=O)NCc2cccs2)N2Cc3ccccc3C2=O)cc1. The highest BCUT2D eigenvalue weighted by atomic mass is 32.1. The number of hydrogen-bond donors (Lipinski definition) is 1. The van der Waals surface area contributed by atoms with Crippen molar-refractivity contribution in [2.75, 3.05) is 7.11 Å². The van der Waals surface area contributed by atoms with Crippen LogP contribution in [0.15, 0.2) is 66.0 Å². The first-order chi connectivity index (χ1) is 14.2. The number of nitrogens with one attached hydrogen (secondary N) is 1. The molecule has 1 N–H and O–H groups in total. The van der Waals surface area contributed by atoms with Crippen LogP contribution in [0.3, 0.4) is 0 Å². The van der Waals surface area contributed by atoms with Gasteiger partial charge >= 0.3 is 0 Å². The predicted octanol–water partition coefficient (Wildman–Crippen LogP) is 4.16. The van der Waals surface area contributed by atoms with Gasteiger partial charge in [-0.2, -0.15) is 0 Å². The molecule has 6 heteroatoms. The summed E-state index contributed by atoms with van der Waals surface area (Å²) in [6.07, 6.45) is 0.206. The lowest BCUT2D eigenvalue weighted by Crippen LogP contribution is -2.34. The molecule has 5 nitrogen and oxygen atoms in total. The molecule has 0 saturated carbocycles. The topological polar surface area (TPSA) is 58.6 Å². The number of fused-ring (bicyclic) bond motifs is 1. The third-order valence-electron chi connectivity index (χ3n) is 5.14. The van der Waals surface area contributed by atoms with Crippen LogP contribution >= 0.6 is 11.3 Å². The van der Waals surface area contributed by atoms with Crippen LogP contribution in [-0.2, 0) is 17.9 Å². The molecule has 0 fully saturated rings. The van der Waals surface area contributed by atoms with Crippen LogP contribution in [0.25, 0.3) is 0 Å². The summed E-state index contributed by atoms with van der Waals surface area (Å²) in [5, 5.41) is 4.96. The smallest absolute Gasteiger partial charge is 0.255 e. The van der Waals surface area contributed by atoms with E-state index >= 15 is 0 Å². The van der Waals surface area contributed by atoms with E-state index in [9.17, 15) is 9.59 Å². The van der Waals surface area contributed by atoms with Gasteiger partial charge in [0.2, 0.25) is 5.91 Å². The Kier molecular flexibility index (Phi) is 5.62. The molecule has 0 aliphatic carbocycles. The van der Waals surface area contributed by atoms with Crippen LogP contribution in [-0.4, -0.2) is 23.8 Å². The summed E-state index contributed by atoms with van der Waals surface area (Å²) in [6.45, 7) is 1.00. The van der Waals surface area contributed by atoms with Crippen LogP contribution in [0.5, 0.6) is 5.75 Å². The molecular weight excluding hydrogens is 384 g/mol. The summed E-state index contributed by atoms with van der Waals surface area (Å²) < 4.78 is 5.25. The van der Waals surface area contributed by atoms with Crippen molar-refractivity contribution in [3.63, 3.8) is 0 Å². The molecule has 0 radical (unpaired) electrons. The maximum Gasteiger partial charge on any atom is 0.255 e. The highest BCUT2D eigenvalue weighted by Gasteiger charge is 2.34. The highest BCUT2D eigenvalue weighted by molar-refractivity contribution is 7.09. The molecule has 0 spiro atoms. The third kappa shape index (κ3) is 4.17. The third-order valence-corrected chi connectivity index (χ3v) is 6.02. The fourth-order valence-electron chi connectivity index (χ4n) is 3.61. The average molecular weight is 407 g/mol. The van der Waals surface area contributed by atoms with Gasteiger partial charge in [0.05, 0.1) is 26.1 Å². The van der Waals surface area contributed by atoms with Crippen LogP contribution in [0.2, 0.25) is 0 Å². The van der Waals surface area contributed by atoms with E-state index in [1.807, 2.05) is 66.0 Å². The predicted molar refractivity (Wildman–Crippen MR) is 113 cm³/mol. The molecule has 2 heterocycles. The number of thiophene rings is 1. The zero-order valence-corrected chi connectivity index (χ0v) is 16.9. The van der Waals surface area contributed by atoms with Crippen molar-refractivity contribution in [3.05, 3.63) is 87.6 Å². The Balaban J connectivity index is 1.56. The maximum atomic E-state index is 13.0. The summed E-state index contributed by atoms with van der Waals surface area (Å²) >= 11 is 1.61. The van der Waals surface area contributed by atoms with Crippen molar-refractivity contribution in [1.82, 2.24) is 10.2 Å². The lowest BCUT2D eigenvalue weighted by molar-refractivity contribution is -0.122. The first kappa shape index (κ1) is 19.2. The number of methoxy groups -OCH3 is 1. The van der Waals surface area contributed by atoms with Gasteiger partial charge in [-0.05, 0) is 40.8 Å². The number of carbonyl (C=O) groups is 2. The average Bonchev–Trinajstić information content (AvgIpc) is 3.39. The molecular formula is C23H22N2O3S. The fraction of sp³-hybridized carbons (Fsp3) is 0.217. The minimum Gasteiger partial charge on any atom is -0.497 e. The Morgan fingerprint density at radius 1 is 1.14 bits per heavy atom. The highest BCUT2D eigenvalue weighted by Crippen LogP contribution is 2.34. The van der Waals surface area contributed by atoms with Gasteiger partial charge in [0.25, 0.3) is 5.91 Å². The molecule has 29 heavy (non-hydrogen) atoms. The lowest BCUT2D eigenvalue weighted by Gasteiger charge is -2.28. The van der Waals surface area contributed by atoms with Gasteiger partial charge in [0, 0.05) is 17.0 Å². The minimum absolute atomic E-state index is 0.0347. The van der Waals surface area contributed by atoms with Gasteiger partial charge in [-0.15, -0.1) is 11.3 Å². The van der Waals surface area contributed by atoms with Gasteiger partial charge in [-0.1, -0.05) is 36.4 Å². The van der Waals surface area contributed by atoms with Gasteiger partial charge < -0.3 is 15.0 Å². The van der Waals surface area contributed by atoms with Crippen LogP contribution < -0.4 is 10.1 Å². The number of carbonyl (C=O) groups excluding carboxylic acids is 2. The number of benzene rings is 2. The van der Waals surface area contributed by atoms with Gasteiger partial charge in [-0.25, -0.2) is 0 Å². The summed E-state index contributed by atoms with van der Waals surface area (Å²) in [6, 6.07) is 18.8. The second kappa shape index (κ2) is 8.49. The van der Waals surface area contributed by atoms with Crippen molar-refractivity contribution >= 4 is 23.2 Å². The van der Waals surface area contributed by atoms with E-state index < -0.39 is 0 Å². The molecule has 2 aromatic carbocycles. The molecule has 0 unspecified atom stereocenters. The van der Waals surface area contributed by atoms with Gasteiger partial charge in [0.1, 0.15) is 5.75 Å². The van der Waals surface area contributed by atoms with E-state index in [1.54, 1.807) is 23.3 Å². The molecule has 0 saturated heterocycles. The Morgan fingerprint density at radius 2 is 1.93 bits per heavy atom. The maximum absolute atomic E-state index is 13.0. The number of rotatable bonds is 7. The molecule has 0 bridgehead atoms. The van der Waals surface area contributed by atoms with E-state index in [1.165, 1.54) is 0 Å². The molecule has 3 aromatic rings. The number of ether oxygens (including phenoxy) is 1. The Hall–Kier alpha value is -3.12. The number of nitrogens with zero attached hydrogens (tertiary/aromatic N) is 1. The first-order valence-electron chi connectivity index (χ1n) is 9.47.